The first-order chi connectivity index (χ1) is 14.4. The van der Waals surface area contributed by atoms with Crippen LogP contribution in [0.25, 0.3) is 23.0 Å². The Morgan fingerprint density at radius 1 is 0.933 bits per heavy atom. The van der Waals surface area contributed by atoms with Crippen LogP contribution in [0.3, 0.4) is 0 Å². The van der Waals surface area contributed by atoms with Gasteiger partial charge in [-0.3, -0.25) is 9.20 Å². The Morgan fingerprint density at radius 2 is 1.63 bits per heavy atom. The maximum atomic E-state index is 12.7. The average Bonchev–Trinajstić information content (AvgIpc) is 3.07. The van der Waals surface area contributed by atoms with Crippen molar-refractivity contribution in [1.29, 1.82) is 0 Å². The summed E-state index contributed by atoms with van der Waals surface area (Å²) in [6, 6.07) is 18.4. The summed E-state index contributed by atoms with van der Waals surface area (Å²) in [4.78, 5) is 17.5. The number of para-hydroxylation sites is 1. The molecule has 4 heteroatoms. The highest BCUT2D eigenvalue weighted by atomic mass is 16.1. The minimum Gasteiger partial charge on any atom is -0.322 e. The lowest BCUT2D eigenvalue weighted by Crippen LogP contribution is -2.10. The molecule has 2 heterocycles. The highest BCUT2D eigenvalue weighted by Gasteiger charge is 2.13. The number of aromatic nitrogens is 2. The summed E-state index contributed by atoms with van der Waals surface area (Å²) in [6.45, 7) is 8.10. The maximum Gasteiger partial charge on any atom is 0.248 e. The molecule has 0 spiro atoms. The van der Waals surface area contributed by atoms with Crippen LogP contribution in [-0.4, -0.2) is 15.3 Å². The van der Waals surface area contributed by atoms with Crippen LogP contribution >= 0.6 is 0 Å². The van der Waals surface area contributed by atoms with Gasteiger partial charge in [-0.15, -0.1) is 0 Å². The fraction of sp³-hybridized carbons (Fsp3) is 0.154. The van der Waals surface area contributed by atoms with E-state index < -0.39 is 0 Å². The zero-order valence-electron chi connectivity index (χ0n) is 17.7. The van der Waals surface area contributed by atoms with E-state index >= 15 is 0 Å². The smallest absolute Gasteiger partial charge is 0.248 e. The van der Waals surface area contributed by atoms with E-state index in [1.807, 2.05) is 67.8 Å². The van der Waals surface area contributed by atoms with Gasteiger partial charge in [0.2, 0.25) is 5.91 Å². The second-order valence-electron chi connectivity index (χ2n) is 7.73. The zero-order valence-corrected chi connectivity index (χ0v) is 17.7. The van der Waals surface area contributed by atoms with E-state index in [2.05, 4.69) is 36.5 Å². The van der Waals surface area contributed by atoms with Gasteiger partial charge >= 0.3 is 0 Å². The topological polar surface area (TPSA) is 46.4 Å². The van der Waals surface area contributed by atoms with Crippen LogP contribution in [0.1, 0.15) is 27.9 Å². The van der Waals surface area contributed by atoms with E-state index in [-0.39, 0.29) is 5.91 Å². The number of carbonyl (C=O) groups is 1. The summed E-state index contributed by atoms with van der Waals surface area (Å²) in [6.07, 6.45) is 5.42. The van der Waals surface area contributed by atoms with Crippen molar-refractivity contribution < 1.29 is 4.79 Å². The van der Waals surface area contributed by atoms with Crippen molar-refractivity contribution in [3.05, 3.63) is 94.8 Å². The number of hydrogen-bond acceptors (Lipinski definition) is 2. The van der Waals surface area contributed by atoms with Crippen molar-refractivity contribution >= 4 is 23.3 Å². The lowest BCUT2D eigenvalue weighted by molar-refractivity contribution is -0.111. The number of hydrogen-bond donors (Lipinski definition) is 1. The predicted molar refractivity (Wildman–Crippen MR) is 124 cm³/mol. The first-order valence-corrected chi connectivity index (χ1v) is 10.0. The highest BCUT2D eigenvalue weighted by molar-refractivity contribution is 6.03. The molecule has 2 aromatic carbocycles. The lowest BCUT2D eigenvalue weighted by atomic mass is 10.1. The summed E-state index contributed by atoms with van der Waals surface area (Å²) in [5, 5.41) is 3.01. The Hall–Kier alpha value is -3.66. The number of aryl methyl sites for hydroxylation is 4. The van der Waals surface area contributed by atoms with Gasteiger partial charge in [0.15, 0.2) is 0 Å². The first-order valence-electron chi connectivity index (χ1n) is 10.0. The van der Waals surface area contributed by atoms with Crippen LogP contribution in [-0.2, 0) is 4.79 Å². The average molecular weight is 396 g/mol. The lowest BCUT2D eigenvalue weighted by Gasteiger charge is -2.09. The monoisotopic (exact) mass is 395 g/mol. The summed E-state index contributed by atoms with van der Waals surface area (Å²) < 4.78 is 2.02. The number of benzene rings is 2. The van der Waals surface area contributed by atoms with E-state index in [1.165, 1.54) is 5.56 Å². The molecule has 4 rings (SSSR count). The molecule has 4 nitrogen and oxygen atoms in total. The molecule has 0 bridgehead atoms. The third-order valence-corrected chi connectivity index (χ3v) is 5.27. The summed E-state index contributed by atoms with van der Waals surface area (Å²) in [7, 11) is 0. The Kier molecular flexibility index (Phi) is 5.23. The van der Waals surface area contributed by atoms with Crippen LogP contribution < -0.4 is 5.32 Å². The van der Waals surface area contributed by atoms with Crippen LogP contribution in [0.4, 0.5) is 5.69 Å². The molecule has 0 radical (unpaired) electrons. The number of anilines is 1. The molecule has 0 saturated carbocycles. The number of pyridine rings is 1. The van der Waals surface area contributed by atoms with Crippen molar-refractivity contribution in [2.75, 3.05) is 5.32 Å². The largest absolute Gasteiger partial charge is 0.322 e. The second-order valence-corrected chi connectivity index (χ2v) is 7.73. The molecule has 150 valence electrons. The van der Waals surface area contributed by atoms with Gasteiger partial charge < -0.3 is 5.32 Å². The van der Waals surface area contributed by atoms with Gasteiger partial charge in [0.05, 0.1) is 11.4 Å². The quantitative estimate of drug-likeness (QED) is 0.438. The number of rotatable bonds is 4. The van der Waals surface area contributed by atoms with Gasteiger partial charge in [-0.25, -0.2) is 4.98 Å². The number of fused-ring (bicyclic) bond motifs is 1. The van der Waals surface area contributed by atoms with Crippen molar-refractivity contribution in [1.82, 2.24) is 9.38 Å². The van der Waals surface area contributed by atoms with Crippen molar-refractivity contribution in [3.63, 3.8) is 0 Å². The molecule has 2 aromatic heterocycles. The van der Waals surface area contributed by atoms with E-state index in [9.17, 15) is 4.79 Å². The summed E-state index contributed by atoms with van der Waals surface area (Å²) in [5.74, 6) is -0.163. The van der Waals surface area contributed by atoms with Crippen LogP contribution in [0, 0.1) is 27.7 Å². The molecule has 4 aromatic rings. The highest BCUT2D eigenvalue weighted by Crippen LogP contribution is 2.27. The molecule has 0 aliphatic heterocycles. The molecular formula is C26H25N3O. The fourth-order valence-corrected chi connectivity index (χ4v) is 3.58. The van der Waals surface area contributed by atoms with Crippen LogP contribution in [0.15, 0.2) is 66.9 Å². The first kappa shape index (κ1) is 19.6. The number of carbonyl (C=O) groups excluding carboxylic acids is 1. The third-order valence-electron chi connectivity index (χ3n) is 5.27. The third kappa shape index (κ3) is 3.90. The van der Waals surface area contributed by atoms with Crippen LogP contribution in [0.5, 0.6) is 0 Å². The molecule has 30 heavy (non-hydrogen) atoms. The fourth-order valence-electron chi connectivity index (χ4n) is 3.58. The molecule has 1 amide bonds. The number of amides is 1. The maximum absolute atomic E-state index is 12.7. The SMILES string of the molecule is Cc1ccc(-c2nc3cc(C)ccn3c2/C=C/C(=O)Nc2c(C)cccc2C)cc1. The molecule has 0 fully saturated rings. The van der Waals surface area contributed by atoms with Gasteiger partial charge in [-0.05, 0) is 62.6 Å². The van der Waals surface area contributed by atoms with Gasteiger partial charge in [0.1, 0.15) is 5.65 Å². The molecule has 0 unspecified atom stereocenters. The van der Waals surface area contributed by atoms with E-state index in [0.29, 0.717) is 0 Å². The van der Waals surface area contributed by atoms with Crippen molar-refractivity contribution in [2.45, 2.75) is 27.7 Å². The summed E-state index contributed by atoms with van der Waals surface area (Å²) in [5.41, 5.74) is 8.92. The molecular weight excluding hydrogens is 370 g/mol. The van der Waals surface area contributed by atoms with Gasteiger partial charge in [-0.2, -0.15) is 0 Å². The summed E-state index contributed by atoms with van der Waals surface area (Å²) >= 11 is 0. The van der Waals surface area contributed by atoms with Crippen molar-refractivity contribution in [3.8, 4) is 11.3 Å². The van der Waals surface area contributed by atoms with Gasteiger partial charge in [0, 0.05) is 23.5 Å². The molecule has 1 N–H and O–H groups in total. The van der Waals surface area contributed by atoms with Crippen LogP contribution in [0.2, 0.25) is 0 Å². The van der Waals surface area contributed by atoms with E-state index in [0.717, 1.165) is 45.0 Å². The Labute approximate surface area is 176 Å². The Bertz CT molecular complexity index is 1240. The zero-order chi connectivity index (χ0) is 21.3. The number of nitrogens with zero attached hydrogens (tertiary/aromatic N) is 2. The van der Waals surface area contributed by atoms with E-state index in [1.54, 1.807) is 6.08 Å². The van der Waals surface area contributed by atoms with Gasteiger partial charge in [0.25, 0.3) is 0 Å². The predicted octanol–water partition coefficient (Wildman–Crippen LogP) is 5.89. The second kappa shape index (κ2) is 7.99. The van der Waals surface area contributed by atoms with Gasteiger partial charge in [-0.1, -0.05) is 48.0 Å². The molecule has 0 aliphatic rings. The standard InChI is InChI=1S/C26H25N3O/c1-17-8-10-21(11-9-17)26-22(29-15-14-18(2)16-23(29)27-26)12-13-24(30)28-25-19(3)6-5-7-20(25)4/h5-16H,1-4H3,(H,28,30)/b13-12+. The molecule has 0 aliphatic carbocycles. The van der Waals surface area contributed by atoms with Crippen molar-refractivity contribution in [2.24, 2.45) is 0 Å². The Balaban J connectivity index is 1.73. The minimum atomic E-state index is -0.163. The normalized spacial score (nSPS) is 11.3. The Morgan fingerprint density at radius 3 is 2.33 bits per heavy atom. The number of imidazole rings is 1. The number of nitrogens with one attached hydrogen (secondary N) is 1. The minimum absolute atomic E-state index is 0.163. The molecule has 0 saturated heterocycles. The van der Waals surface area contributed by atoms with E-state index in [4.69, 9.17) is 4.98 Å². The molecule has 0 atom stereocenters.